The van der Waals surface area contributed by atoms with E-state index < -0.39 is 24.1 Å². The fourth-order valence-corrected chi connectivity index (χ4v) is 1.39. The van der Waals surface area contributed by atoms with E-state index in [0.29, 0.717) is 12.3 Å². The van der Waals surface area contributed by atoms with Crippen LogP contribution in [-0.4, -0.2) is 30.7 Å². The van der Waals surface area contributed by atoms with Gasteiger partial charge in [-0.2, -0.15) is 13.2 Å². The Morgan fingerprint density at radius 3 is 2.40 bits per heavy atom. The fraction of sp³-hybridized carbons (Fsp3) is 0.692. The minimum atomic E-state index is -5.03. The van der Waals surface area contributed by atoms with Crippen LogP contribution >= 0.6 is 0 Å². The Labute approximate surface area is 116 Å². The van der Waals surface area contributed by atoms with E-state index >= 15 is 0 Å². The van der Waals surface area contributed by atoms with Gasteiger partial charge in [0.15, 0.2) is 0 Å². The topological polar surface area (TPSA) is 55.4 Å². The van der Waals surface area contributed by atoms with Gasteiger partial charge in [0.2, 0.25) is 0 Å². The van der Waals surface area contributed by atoms with Crippen molar-refractivity contribution in [2.24, 2.45) is 5.92 Å². The van der Waals surface area contributed by atoms with Crippen molar-refractivity contribution in [1.82, 2.24) is 5.32 Å². The van der Waals surface area contributed by atoms with Gasteiger partial charge in [-0.25, -0.2) is 4.79 Å². The standard InChI is InChI=1S/C13H20F3NO3/c1-4-6-10(17-12(19)13(14,15)16)11(18)20-8-5-7-9(2)3/h4,9-10H,1,5-8H2,2-3H3,(H,17,19). The van der Waals surface area contributed by atoms with Crippen molar-refractivity contribution in [1.29, 1.82) is 0 Å². The molecule has 1 N–H and O–H groups in total. The molecule has 0 radical (unpaired) electrons. The number of esters is 1. The Morgan fingerprint density at radius 1 is 1.35 bits per heavy atom. The van der Waals surface area contributed by atoms with Gasteiger partial charge in [-0.15, -0.1) is 6.58 Å². The van der Waals surface area contributed by atoms with Crippen molar-refractivity contribution in [2.75, 3.05) is 6.61 Å². The van der Waals surface area contributed by atoms with Crippen LogP contribution in [0.1, 0.15) is 33.1 Å². The number of ether oxygens (including phenoxy) is 1. The first-order valence-electron chi connectivity index (χ1n) is 6.33. The van der Waals surface area contributed by atoms with Crippen LogP contribution in [0.2, 0.25) is 0 Å². The maximum Gasteiger partial charge on any atom is 0.471 e. The molecule has 7 heteroatoms. The number of halogens is 3. The van der Waals surface area contributed by atoms with Gasteiger partial charge in [0.1, 0.15) is 6.04 Å². The summed E-state index contributed by atoms with van der Waals surface area (Å²) in [5.41, 5.74) is 0. The van der Waals surface area contributed by atoms with Gasteiger partial charge in [0, 0.05) is 0 Å². The smallest absolute Gasteiger partial charge is 0.464 e. The Kier molecular flexibility index (Phi) is 7.94. The number of amides is 1. The third-order valence-corrected chi connectivity index (χ3v) is 2.42. The van der Waals surface area contributed by atoms with Crippen LogP contribution in [0, 0.1) is 5.92 Å². The minimum Gasteiger partial charge on any atom is -0.464 e. The van der Waals surface area contributed by atoms with Gasteiger partial charge in [0.05, 0.1) is 6.61 Å². The summed E-state index contributed by atoms with van der Waals surface area (Å²) in [6.07, 6.45) is -2.44. The van der Waals surface area contributed by atoms with Crippen molar-refractivity contribution in [2.45, 2.75) is 45.3 Å². The second-order valence-electron chi connectivity index (χ2n) is 4.75. The number of carbonyl (C=O) groups is 2. The molecule has 1 amide bonds. The van der Waals surface area contributed by atoms with Crippen molar-refractivity contribution in [3.05, 3.63) is 12.7 Å². The van der Waals surface area contributed by atoms with E-state index in [-0.39, 0.29) is 13.0 Å². The average Bonchev–Trinajstić information content (AvgIpc) is 2.32. The minimum absolute atomic E-state index is 0.118. The highest BCUT2D eigenvalue weighted by Crippen LogP contribution is 2.15. The summed E-state index contributed by atoms with van der Waals surface area (Å²) < 4.78 is 41.2. The van der Waals surface area contributed by atoms with Crippen LogP contribution in [0.4, 0.5) is 13.2 Å². The van der Waals surface area contributed by atoms with Crippen molar-refractivity contribution in [3.63, 3.8) is 0 Å². The molecule has 0 aromatic carbocycles. The van der Waals surface area contributed by atoms with Crippen molar-refractivity contribution >= 4 is 11.9 Å². The maximum absolute atomic E-state index is 12.1. The number of alkyl halides is 3. The van der Waals surface area contributed by atoms with Crippen LogP contribution in [-0.2, 0) is 14.3 Å². The lowest BCUT2D eigenvalue weighted by Crippen LogP contribution is -2.47. The summed E-state index contributed by atoms with van der Waals surface area (Å²) in [6.45, 7) is 7.46. The first-order valence-corrected chi connectivity index (χ1v) is 6.33. The molecule has 0 bridgehead atoms. The Balaban J connectivity index is 4.33. The predicted molar refractivity (Wildman–Crippen MR) is 67.8 cm³/mol. The Hall–Kier alpha value is -1.53. The molecular formula is C13H20F3NO3. The van der Waals surface area contributed by atoms with Crippen LogP contribution < -0.4 is 5.32 Å². The van der Waals surface area contributed by atoms with Crippen LogP contribution in [0.5, 0.6) is 0 Å². The van der Waals surface area contributed by atoms with Crippen LogP contribution in [0.15, 0.2) is 12.7 Å². The summed E-state index contributed by atoms with van der Waals surface area (Å²) in [6, 6.07) is -1.36. The van der Waals surface area contributed by atoms with Gasteiger partial charge < -0.3 is 10.1 Å². The van der Waals surface area contributed by atoms with Gasteiger partial charge in [-0.1, -0.05) is 19.9 Å². The Bertz CT molecular complexity index is 340. The normalized spacial score (nSPS) is 12.9. The number of carbonyl (C=O) groups excluding carboxylic acids is 2. The van der Waals surface area contributed by atoms with Crippen molar-refractivity contribution in [3.8, 4) is 0 Å². The lowest BCUT2D eigenvalue weighted by atomic mass is 10.1. The van der Waals surface area contributed by atoms with Gasteiger partial charge in [0.25, 0.3) is 0 Å². The molecule has 4 nitrogen and oxygen atoms in total. The average molecular weight is 295 g/mol. The van der Waals surface area contributed by atoms with Crippen LogP contribution in [0.3, 0.4) is 0 Å². The van der Waals surface area contributed by atoms with E-state index in [1.807, 2.05) is 13.8 Å². The van der Waals surface area contributed by atoms with Gasteiger partial charge in [-0.05, 0) is 25.2 Å². The van der Waals surface area contributed by atoms with Crippen LogP contribution in [0.25, 0.3) is 0 Å². The molecule has 0 saturated heterocycles. The first-order chi connectivity index (χ1) is 9.18. The zero-order valence-electron chi connectivity index (χ0n) is 11.6. The summed E-state index contributed by atoms with van der Waals surface area (Å²) in [5, 5.41) is 1.60. The molecule has 0 aromatic heterocycles. The lowest BCUT2D eigenvalue weighted by molar-refractivity contribution is -0.175. The van der Waals surface area contributed by atoms with E-state index in [2.05, 4.69) is 6.58 Å². The van der Waals surface area contributed by atoms with E-state index in [1.165, 1.54) is 6.08 Å². The third-order valence-electron chi connectivity index (χ3n) is 2.42. The molecule has 0 aliphatic carbocycles. The number of hydrogen-bond donors (Lipinski definition) is 1. The summed E-state index contributed by atoms with van der Waals surface area (Å²) in [5.74, 6) is -2.60. The summed E-state index contributed by atoms with van der Waals surface area (Å²) in [4.78, 5) is 22.4. The molecule has 0 aliphatic heterocycles. The molecular weight excluding hydrogens is 275 g/mol. The number of nitrogens with one attached hydrogen (secondary N) is 1. The second kappa shape index (κ2) is 8.60. The third kappa shape index (κ3) is 7.81. The highest BCUT2D eigenvalue weighted by Gasteiger charge is 2.40. The largest absolute Gasteiger partial charge is 0.471 e. The summed E-state index contributed by atoms with van der Waals surface area (Å²) in [7, 11) is 0. The highest BCUT2D eigenvalue weighted by molar-refractivity contribution is 5.87. The molecule has 116 valence electrons. The van der Waals surface area contributed by atoms with Gasteiger partial charge in [-0.3, -0.25) is 4.79 Å². The highest BCUT2D eigenvalue weighted by atomic mass is 19.4. The molecule has 1 atom stereocenters. The monoisotopic (exact) mass is 295 g/mol. The molecule has 0 fully saturated rings. The number of hydrogen-bond acceptors (Lipinski definition) is 3. The van der Waals surface area contributed by atoms with E-state index in [9.17, 15) is 22.8 Å². The molecule has 0 heterocycles. The maximum atomic E-state index is 12.1. The Morgan fingerprint density at radius 2 is 1.95 bits per heavy atom. The SMILES string of the molecule is C=CCC(NC(=O)C(F)(F)F)C(=O)OCCCC(C)C. The predicted octanol–water partition coefficient (Wildman–Crippen LogP) is 2.59. The molecule has 0 saturated carbocycles. The molecule has 1 unspecified atom stereocenters. The zero-order chi connectivity index (χ0) is 15.8. The lowest BCUT2D eigenvalue weighted by Gasteiger charge is -2.17. The number of rotatable bonds is 8. The first kappa shape index (κ1) is 18.5. The quantitative estimate of drug-likeness (QED) is 0.425. The molecule has 20 heavy (non-hydrogen) atoms. The fourth-order valence-electron chi connectivity index (χ4n) is 1.39. The van der Waals surface area contributed by atoms with E-state index in [4.69, 9.17) is 4.74 Å². The molecule has 0 rings (SSSR count). The second-order valence-corrected chi connectivity index (χ2v) is 4.75. The van der Waals surface area contributed by atoms with E-state index in [0.717, 1.165) is 6.42 Å². The molecule has 0 spiro atoms. The van der Waals surface area contributed by atoms with Gasteiger partial charge >= 0.3 is 18.1 Å². The molecule has 0 aromatic rings. The summed E-state index contributed by atoms with van der Waals surface area (Å²) >= 11 is 0. The molecule has 0 aliphatic rings. The van der Waals surface area contributed by atoms with E-state index in [1.54, 1.807) is 5.32 Å². The zero-order valence-corrected chi connectivity index (χ0v) is 11.6. The van der Waals surface area contributed by atoms with Crippen molar-refractivity contribution < 1.29 is 27.5 Å².